The molecule has 0 saturated carbocycles. The molecule has 0 aliphatic carbocycles. The van der Waals surface area contributed by atoms with E-state index in [0.717, 1.165) is 17.4 Å². The molecule has 0 atom stereocenters. The van der Waals surface area contributed by atoms with Gasteiger partial charge in [0.2, 0.25) is 10.0 Å². The predicted octanol–water partition coefficient (Wildman–Crippen LogP) is 1.51. The molecule has 4 heteroatoms. The van der Waals surface area contributed by atoms with Crippen molar-refractivity contribution >= 4 is 16.1 Å². The highest BCUT2D eigenvalue weighted by molar-refractivity contribution is 7.92. The van der Waals surface area contributed by atoms with E-state index in [1.807, 2.05) is 24.3 Å². The fourth-order valence-electron chi connectivity index (χ4n) is 1.04. The number of primary sulfonamides is 1. The number of hydrogen-bond acceptors (Lipinski definition) is 2. The van der Waals surface area contributed by atoms with Crippen molar-refractivity contribution in [2.24, 2.45) is 5.14 Å². The molecular weight excluding hydrogens is 198 g/mol. The molecule has 1 aromatic rings. The molecule has 0 aliphatic rings. The Bertz CT molecular complexity index is 418. The van der Waals surface area contributed by atoms with Crippen LogP contribution in [-0.4, -0.2) is 8.42 Å². The Balaban J connectivity index is 2.84. The van der Waals surface area contributed by atoms with Gasteiger partial charge in [-0.1, -0.05) is 31.2 Å². The van der Waals surface area contributed by atoms with Crippen LogP contribution in [0.1, 0.15) is 18.1 Å². The van der Waals surface area contributed by atoms with Crippen LogP contribution in [0.2, 0.25) is 0 Å². The molecule has 0 unspecified atom stereocenters. The van der Waals surface area contributed by atoms with Gasteiger partial charge in [-0.2, -0.15) is 0 Å². The van der Waals surface area contributed by atoms with Crippen LogP contribution in [-0.2, 0) is 16.4 Å². The van der Waals surface area contributed by atoms with E-state index in [1.54, 1.807) is 0 Å². The van der Waals surface area contributed by atoms with Gasteiger partial charge in [0.15, 0.2) is 0 Å². The van der Waals surface area contributed by atoms with E-state index < -0.39 is 10.0 Å². The highest BCUT2D eigenvalue weighted by atomic mass is 32.2. The van der Waals surface area contributed by atoms with Crippen molar-refractivity contribution in [2.45, 2.75) is 13.3 Å². The van der Waals surface area contributed by atoms with Crippen molar-refractivity contribution in [2.75, 3.05) is 0 Å². The second kappa shape index (κ2) is 4.39. The molecule has 0 aliphatic heterocycles. The number of hydrogen-bond donors (Lipinski definition) is 1. The third-order valence-electron chi connectivity index (χ3n) is 1.84. The first-order valence-electron chi connectivity index (χ1n) is 4.31. The molecule has 1 rings (SSSR count). The van der Waals surface area contributed by atoms with Gasteiger partial charge in [0.25, 0.3) is 0 Å². The molecular formula is C10H13NO2S. The number of benzene rings is 1. The second-order valence-corrected chi connectivity index (χ2v) is 4.44. The Kier molecular flexibility index (Phi) is 3.43. The number of sulfonamides is 1. The standard InChI is InChI=1S/C10H13NO2S/c1-2-9-3-5-10(6-4-9)7-8-14(11,12)13/h3-8H,2H2,1H3,(H2,11,12,13)/b8-7+. The summed E-state index contributed by atoms with van der Waals surface area (Å²) < 4.78 is 21.2. The topological polar surface area (TPSA) is 60.2 Å². The van der Waals surface area contributed by atoms with Crippen LogP contribution >= 0.6 is 0 Å². The van der Waals surface area contributed by atoms with Gasteiger partial charge in [-0.05, 0) is 23.6 Å². The average molecular weight is 211 g/mol. The summed E-state index contributed by atoms with van der Waals surface area (Å²) in [6.45, 7) is 2.06. The minimum absolute atomic E-state index is 0.830. The third kappa shape index (κ3) is 3.72. The fraction of sp³-hybridized carbons (Fsp3) is 0.200. The molecule has 0 aromatic heterocycles. The molecule has 3 nitrogen and oxygen atoms in total. The molecule has 76 valence electrons. The minimum Gasteiger partial charge on any atom is -0.225 e. The van der Waals surface area contributed by atoms with Crippen LogP contribution in [0.3, 0.4) is 0 Å². The van der Waals surface area contributed by atoms with Gasteiger partial charge >= 0.3 is 0 Å². The lowest BCUT2D eigenvalue weighted by Crippen LogP contribution is -2.06. The molecule has 0 heterocycles. The second-order valence-electron chi connectivity index (χ2n) is 2.99. The Labute approximate surface area is 84.3 Å². The van der Waals surface area contributed by atoms with E-state index in [1.165, 1.54) is 11.6 Å². The molecule has 0 spiro atoms. The molecule has 2 N–H and O–H groups in total. The Morgan fingerprint density at radius 1 is 1.29 bits per heavy atom. The van der Waals surface area contributed by atoms with E-state index in [0.29, 0.717) is 0 Å². The average Bonchev–Trinajstić information content (AvgIpc) is 2.14. The first-order chi connectivity index (χ1) is 6.51. The smallest absolute Gasteiger partial charge is 0.225 e. The summed E-state index contributed by atoms with van der Waals surface area (Å²) >= 11 is 0. The maximum atomic E-state index is 10.6. The largest absolute Gasteiger partial charge is 0.231 e. The first kappa shape index (κ1) is 10.9. The molecule has 0 fully saturated rings. The molecule has 0 radical (unpaired) electrons. The Hall–Kier alpha value is -1.13. The van der Waals surface area contributed by atoms with Crippen LogP contribution in [0, 0.1) is 0 Å². The lowest BCUT2D eigenvalue weighted by atomic mass is 10.1. The lowest BCUT2D eigenvalue weighted by Gasteiger charge is -1.96. The molecule has 0 amide bonds. The van der Waals surface area contributed by atoms with E-state index in [4.69, 9.17) is 5.14 Å². The Morgan fingerprint density at radius 3 is 2.29 bits per heavy atom. The Morgan fingerprint density at radius 2 is 1.86 bits per heavy atom. The highest BCUT2D eigenvalue weighted by Crippen LogP contribution is 2.06. The van der Waals surface area contributed by atoms with Crippen molar-refractivity contribution in [3.8, 4) is 0 Å². The van der Waals surface area contributed by atoms with E-state index in [9.17, 15) is 8.42 Å². The third-order valence-corrected chi connectivity index (χ3v) is 2.35. The van der Waals surface area contributed by atoms with Crippen LogP contribution < -0.4 is 5.14 Å². The highest BCUT2D eigenvalue weighted by Gasteiger charge is 1.94. The van der Waals surface area contributed by atoms with Gasteiger partial charge in [-0.15, -0.1) is 0 Å². The van der Waals surface area contributed by atoms with Gasteiger partial charge in [0.05, 0.1) is 0 Å². The van der Waals surface area contributed by atoms with Gasteiger partial charge in [0.1, 0.15) is 0 Å². The summed E-state index contributed by atoms with van der Waals surface area (Å²) in [5, 5.41) is 5.82. The van der Waals surface area contributed by atoms with Crippen LogP contribution in [0.4, 0.5) is 0 Å². The van der Waals surface area contributed by atoms with Gasteiger partial charge in [-0.25, -0.2) is 13.6 Å². The normalized spacial score (nSPS) is 12.1. The number of aryl methyl sites for hydroxylation is 1. The van der Waals surface area contributed by atoms with E-state index >= 15 is 0 Å². The van der Waals surface area contributed by atoms with Crippen molar-refractivity contribution in [1.29, 1.82) is 0 Å². The van der Waals surface area contributed by atoms with Crippen molar-refractivity contribution in [3.63, 3.8) is 0 Å². The summed E-state index contributed by atoms with van der Waals surface area (Å²) in [4.78, 5) is 0. The maximum absolute atomic E-state index is 10.6. The zero-order chi connectivity index (χ0) is 10.6. The van der Waals surface area contributed by atoms with Crippen LogP contribution in [0.15, 0.2) is 29.7 Å². The minimum atomic E-state index is -3.52. The fourth-order valence-corrected chi connectivity index (χ4v) is 1.38. The van der Waals surface area contributed by atoms with Crippen LogP contribution in [0.25, 0.3) is 6.08 Å². The summed E-state index contributed by atoms with van der Waals surface area (Å²) in [5.41, 5.74) is 2.05. The van der Waals surface area contributed by atoms with E-state index in [-0.39, 0.29) is 0 Å². The van der Waals surface area contributed by atoms with E-state index in [2.05, 4.69) is 6.92 Å². The molecule has 14 heavy (non-hydrogen) atoms. The molecule has 1 aromatic carbocycles. The van der Waals surface area contributed by atoms with Crippen molar-refractivity contribution < 1.29 is 8.42 Å². The molecule has 0 bridgehead atoms. The quantitative estimate of drug-likeness (QED) is 0.823. The van der Waals surface area contributed by atoms with Gasteiger partial charge in [-0.3, -0.25) is 0 Å². The van der Waals surface area contributed by atoms with Gasteiger partial charge < -0.3 is 0 Å². The summed E-state index contributed by atoms with van der Waals surface area (Å²) in [6.07, 6.45) is 2.45. The van der Waals surface area contributed by atoms with Crippen LogP contribution in [0.5, 0.6) is 0 Å². The SMILES string of the molecule is CCc1ccc(/C=C/S(N)(=O)=O)cc1. The lowest BCUT2D eigenvalue weighted by molar-refractivity contribution is 0.606. The zero-order valence-corrected chi connectivity index (χ0v) is 8.79. The van der Waals surface area contributed by atoms with Gasteiger partial charge in [0, 0.05) is 5.41 Å². The van der Waals surface area contributed by atoms with Crippen molar-refractivity contribution in [3.05, 3.63) is 40.8 Å². The molecule has 0 saturated heterocycles. The van der Waals surface area contributed by atoms with Crippen molar-refractivity contribution in [1.82, 2.24) is 0 Å². The zero-order valence-electron chi connectivity index (χ0n) is 7.97. The summed E-state index contributed by atoms with van der Waals surface area (Å²) in [7, 11) is -3.52. The predicted molar refractivity (Wildman–Crippen MR) is 58.0 cm³/mol. The summed E-state index contributed by atoms with van der Waals surface area (Å²) in [5.74, 6) is 0. The first-order valence-corrected chi connectivity index (χ1v) is 5.92. The summed E-state index contributed by atoms with van der Waals surface area (Å²) in [6, 6.07) is 7.65. The monoisotopic (exact) mass is 211 g/mol. The number of rotatable bonds is 3. The maximum Gasteiger partial charge on any atom is 0.231 e. The number of nitrogens with two attached hydrogens (primary N) is 1.